The number of aliphatic imine (C=N–C) groups is 1. The lowest BCUT2D eigenvalue weighted by Gasteiger charge is -2.21. The zero-order chi connectivity index (χ0) is 18.4. The Morgan fingerprint density at radius 1 is 1.37 bits per heavy atom. The Balaban J connectivity index is 0.00000261. The maximum atomic E-state index is 10.1. The van der Waals surface area contributed by atoms with Gasteiger partial charge in [0.05, 0.1) is 18.5 Å². The molecule has 2 atom stereocenters. The number of benzene rings is 1. The third kappa shape index (κ3) is 6.11. The molecule has 1 fully saturated rings. The standard InChI is InChI=1S/C19H25BrN4O2.HI/c1-2-21-19(22-12-17(25)18-8-5-11-26-18)23-14-9-10-24(13-14)16-7-4-3-6-15(16)20;/h3-8,11,14,17,25H,2,9-10,12-13H2,1H3,(H2,21,22,23);1H. The zero-order valence-corrected chi connectivity index (χ0v) is 19.2. The number of hydrogen-bond donors (Lipinski definition) is 3. The molecule has 0 amide bonds. The van der Waals surface area contributed by atoms with Gasteiger partial charge in [-0.05, 0) is 53.5 Å². The van der Waals surface area contributed by atoms with Crippen LogP contribution in [0.25, 0.3) is 0 Å². The summed E-state index contributed by atoms with van der Waals surface area (Å²) >= 11 is 3.63. The van der Waals surface area contributed by atoms with Crippen LogP contribution in [0.5, 0.6) is 0 Å². The van der Waals surface area contributed by atoms with Crippen molar-refractivity contribution >= 4 is 51.6 Å². The Morgan fingerprint density at radius 2 is 2.19 bits per heavy atom. The van der Waals surface area contributed by atoms with Crippen molar-refractivity contribution in [2.45, 2.75) is 25.5 Å². The molecule has 1 aromatic heterocycles. The van der Waals surface area contributed by atoms with Gasteiger partial charge < -0.3 is 25.1 Å². The minimum atomic E-state index is -0.735. The molecule has 2 unspecified atom stereocenters. The van der Waals surface area contributed by atoms with E-state index in [0.29, 0.717) is 11.8 Å². The summed E-state index contributed by atoms with van der Waals surface area (Å²) in [5.41, 5.74) is 1.21. The molecule has 2 aromatic rings. The zero-order valence-electron chi connectivity index (χ0n) is 15.3. The highest BCUT2D eigenvalue weighted by atomic mass is 127. The molecule has 0 radical (unpaired) electrons. The number of furan rings is 1. The second-order valence-electron chi connectivity index (χ2n) is 6.28. The van der Waals surface area contributed by atoms with Crippen molar-refractivity contribution in [3.05, 3.63) is 52.9 Å². The number of halogens is 2. The van der Waals surface area contributed by atoms with E-state index >= 15 is 0 Å². The quantitative estimate of drug-likeness (QED) is 0.293. The average molecular weight is 549 g/mol. The molecule has 3 rings (SSSR count). The van der Waals surface area contributed by atoms with Gasteiger partial charge in [-0.15, -0.1) is 24.0 Å². The van der Waals surface area contributed by atoms with Crippen LogP contribution in [0.2, 0.25) is 0 Å². The number of rotatable bonds is 6. The topological polar surface area (TPSA) is 73.0 Å². The minimum Gasteiger partial charge on any atom is -0.467 e. The molecule has 0 bridgehead atoms. The van der Waals surface area contributed by atoms with Gasteiger partial charge in [0.15, 0.2) is 5.96 Å². The van der Waals surface area contributed by atoms with Crippen LogP contribution in [0.4, 0.5) is 5.69 Å². The summed E-state index contributed by atoms with van der Waals surface area (Å²) in [7, 11) is 0. The highest BCUT2D eigenvalue weighted by Crippen LogP contribution is 2.28. The number of para-hydroxylation sites is 1. The van der Waals surface area contributed by atoms with Crippen LogP contribution < -0.4 is 15.5 Å². The maximum Gasteiger partial charge on any atom is 0.191 e. The van der Waals surface area contributed by atoms with Crippen molar-refractivity contribution in [2.24, 2.45) is 4.99 Å². The molecule has 3 N–H and O–H groups in total. The summed E-state index contributed by atoms with van der Waals surface area (Å²) in [4.78, 5) is 6.87. The fourth-order valence-electron chi connectivity index (χ4n) is 3.07. The van der Waals surface area contributed by atoms with Crippen molar-refractivity contribution in [3.8, 4) is 0 Å². The number of aliphatic hydroxyl groups excluding tert-OH is 1. The molecule has 27 heavy (non-hydrogen) atoms. The van der Waals surface area contributed by atoms with Gasteiger partial charge >= 0.3 is 0 Å². The lowest BCUT2D eigenvalue weighted by atomic mass is 10.2. The normalized spacial score (nSPS) is 18.1. The molecule has 1 saturated heterocycles. The van der Waals surface area contributed by atoms with Crippen molar-refractivity contribution in [1.29, 1.82) is 0 Å². The predicted molar refractivity (Wildman–Crippen MR) is 123 cm³/mol. The molecule has 0 saturated carbocycles. The summed E-state index contributed by atoms with van der Waals surface area (Å²) in [5, 5.41) is 16.9. The van der Waals surface area contributed by atoms with Gasteiger partial charge in [0, 0.05) is 30.1 Å². The van der Waals surface area contributed by atoms with E-state index in [1.54, 1.807) is 18.4 Å². The summed E-state index contributed by atoms with van der Waals surface area (Å²) in [5.74, 6) is 1.25. The number of nitrogens with one attached hydrogen (secondary N) is 2. The van der Waals surface area contributed by atoms with Gasteiger partial charge in [0.25, 0.3) is 0 Å². The average Bonchev–Trinajstić information content (AvgIpc) is 3.32. The first-order chi connectivity index (χ1) is 12.7. The van der Waals surface area contributed by atoms with E-state index in [0.717, 1.165) is 36.5 Å². The monoisotopic (exact) mass is 548 g/mol. The minimum absolute atomic E-state index is 0. The molecule has 148 valence electrons. The van der Waals surface area contributed by atoms with Crippen LogP contribution in [-0.4, -0.2) is 43.3 Å². The highest BCUT2D eigenvalue weighted by molar-refractivity contribution is 14.0. The predicted octanol–water partition coefficient (Wildman–Crippen LogP) is 3.53. The number of anilines is 1. The smallest absolute Gasteiger partial charge is 0.191 e. The van der Waals surface area contributed by atoms with E-state index in [-0.39, 0.29) is 30.5 Å². The van der Waals surface area contributed by atoms with Gasteiger partial charge in [-0.25, -0.2) is 0 Å². The molecule has 0 aliphatic carbocycles. The number of aliphatic hydroxyl groups is 1. The van der Waals surface area contributed by atoms with Crippen LogP contribution in [0.3, 0.4) is 0 Å². The van der Waals surface area contributed by atoms with E-state index in [4.69, 9.17) is 4.42 Å². The maximum absolute atomic E-state index is 10.1. The number of hydrogen-bond acceptors (Lipinski definition) is 4. The van der Waals surface area contributed by atoms with Gasteiger partial charge in [-0.2, -0.15) is 0 Å². The van der Waals surface area contributed by atoms with E-state index < -0.39 is 6.10 Å². The third-order valence-electron chi connectivity index (χ3n) is 4.36. The Labute approximate surface area is 185 Å². The second kappa shape index (κ2) is 10.9. The Hall–Kier alpha value is -1.26. The van der Waals surface area contributed by atoms with Gasteiger partial charge in [0.1, 0.15) is 11.9 Å². The van der Waals surface area contributed by atoms with E-state index in [1.807, 2.05) is 13.0 Å². The van der Waals surface area contributed by atoms with Crippen LogP contribution in [0.15, 0.2) is 56.5 Å². The Bertz CT molecular complexity index is 726. The van der Waals surface area contributed by atoms with Crippen molar-refractivity contribution in [1.82, 2.24) is 10.6 Å². The van der Waals surface area contributed by atoms with Crippen LogP contribution in [0, 0.1) is 0 Å². The summed E-state index contributed by atoms with van der Waals surface area (Å²) in [6.45, 7) is 4.96. The summed E-state index contributed by atoms with van der Waals surface area (Å²) < 4.78 is 6.34. The molecule has 6 nitrogen and oxygen atoms in total. The van der Waals surface area contributed by atoms with Crippen LogP contribution >= 0.6 is 39.9 Å². The fraction of sp³-hybridized carbons (Fsp3) is 0.421. The molecule has 1 aliphatic heterocycles. The Kier molecular flexibility index (Phi) is 8.91. The van der Waals surface area contributed by atoms with Gasteiger partial charge in [0.2, 0.25) is 0 Å². The molecule has 1 aliphatic rings. The number of guanidine groups is 1. The first-order valence-corrected chi connectivity index (χ1v) is 9.72. The van der Waals surface area contributed by atoms with Crippen molar-refractivity contribution in [3.63, 3.8) is 0 Å². The van der Waals surface area contributed by atoms with Crippen LogP contribution in [0.1, 0.15) is 25.2 Å². The molecule has 0 spiro atoms. The molecule has 8 heteroatoms. The van der Waals surface area contributed by atoms with Crippen LogP contribution in [-0.2, 0) is 0 Å². The fourth-order valence-corrected chi connectivity index (χ4v) is 3.60. The van der Waals surface area contributed by atoms with Gasteiger partial charge in [-0.1, -0.05) is 12.1 Å². The van der Waals surface area contributed by atoms with E-state index in [2.05, 4.69) is 54.7 Å². The van der Waals surface area contributed by atoms with Gasteiger partial charge in [-0.3, -0.25) is 4.99 Å². The Morgan fingerprint density at radius 3 is 2.89 bits per heavy atom. The second-order valence-corrected chi connectivity index (χ2v) is 7.13. The van der Waals surface area contributed by atoms with Crippen molar-refractivity contribution < 1.29 is 9.52 Å². The van der Waals surface area contributed by atoms with Crippen molar-refractivity contribution in [2.75, 3.05) is 31.1 Å². The molecule has 1 aromatic carbocycles. The van der Waals surface area contributed by atoms with E-state index in [9.17, 15) is 5.11 Å². The first kappa shape index (κ1) is 22.0. The third-order valence-corrected chi connectivity index (χ3v) is 5.03. The molecular weight excluding hydrogens is 523 g/mol. The lowest BCUT2D eigenvalue weighted by molar-refractivity contribution is 0.158. The first-order valence-electron chi connectivity index (χ1n) is 8.93. The number of nitrogens with zero attached hydrogens (tertiary/aromatic N) is 2. The molecule has 2 heterocycles. The van der Waals surface area contributed by atoms with E-state index in [1.165, 1.54) is 5.69 Å². The largest absolute Gasteiger partial charge is 0.467 e. The SMILES string of the molecule is CCNC(=NCC(O)c1ccco1)NC1CCN(c2ccccc2Br)C1.I. The summed E-state index contributed by atoms with van der Waals surface area (Å²) in [6.07, 6.45) is 1.85. The summed E-state index contributed by atoms with van der Waals surface area (Å²) in [6, 6.07) is 12.1. The lowest BCUT2D eigenvalue weighted by Crippen LogP contribution is -2.44. The molecular formula is C19H26BrIN4O2. The highest BCUT2D eigenvalue weighted by Gasteiger charge is 2.24.